The molecule has 0 heterocycles. The molecule has 0 saturated heterocycles. The van der Waals surface area contributed by atoms with Gasteiger partial charge < -0.3 is 10.4 Å². The van der Waals surface area contributed by atoms with Gasteiger partial charge >= 0.3 is 0 Å². The highest BCUT2D eigenvalue weighted by Crippen LogP contribution is 2.34. The maximum Gasteiger partial charge on any atom is 0.252 e. The highest BCUT2D eigenvalue weighted by Gasteiger charge is 2.43. The SMILES string of the molecule is Cc1ccc(C)c(C(=O)NC2(CO)CC2)c1. The summed E-state index contributed by atoms with van der Waals surface area (Å²) in [7, 11) is 0. The van der Waals surface area contributed by atoms with Gasteiger partial charge in [-0.05, 0) is 38.3 Å². The summed E-state index contributed by atoms with van der Waals surface area (Å²) in [4.78, 5) is 12.0. The molecule has 86 valence electrons. The summed E-state index contributed by atoms with van der Waals surface area (Å²) in [6.07, 6.45) is 1.75. The molecule has 0 bridgehead atoms. The lowest BCUT2D eigenvalue weighted by Crippen LogP contribution is -2.39. The Morgan fingerprint density at radius 1 is 1.44 bits per heavy atom. The Balaban J connectivity index is 2.17. The van der Waals surface area contributed by atoms with Crippen LogP contribution in [0.25, 0.3) is 0 Å². The monoisotopic (exact) mass is 219 g/mol. The fourth-order valence-corrected chi connectivity index (χ4v) is 1.76. The van der Waals surface area contributed by atoms with Crippen LogP contribution in [0.5, 0.6) is 0 Å². The third kappa shape index (κ3) is 2.09. The van der Waals surface area contributed by atoms with E-state index in [2.05, 4.69) is 5.32 Å². The maximum absolute atomic E-state index is 12.0. The molecule has 1 fully saturated rings. The van der Waals surface area contributed by atoms with Gasteiger partial charge in [-0.3, -0.25) is 4.79 Å². The van der Waals surface area contributed by atoms with Crippen molar-refractivity contribution in [3.05, 3.63) is 34.9 Å². The molecule has 1 aliphatic carbocycles. The first-order chi connectivity index (χ1) is 7.56. The third-order valence-corrected chi connectivity index (χ3v) is 3.17. The highest BCUT2D eigenvalue weighted by atomic mass is 16.3. The molecule has 2 N–H and O–H groups in total. The van der Waals surface area contributed by atoms with Gasteiger partial charge in [-0.15, -0.1) is 0 Å². The summed E-state index contributed by atoms with van der Waals surface area (Å²) in [6.45, 7) is 3.92. The molecule has 1 saturated carbocycles. The zero-order valence-electron chi connectivity index (χ0n) is 9.71. The van der Waals surface area contributed by atoms with Gasteiger partial charge in [-0.2, -0.15) is 0 Å². The molecule has 1 aromatic carbocycles. The number of nitrogens with one attached hydrogen (secondary N) is 1. The standard InChI is InChI=1S/C13H17NO2/c1-9-3-4-10(2)11(7-9)12(16)14-13(8-15)5-6-13/h3-4,7,15H,5-6,8H2,1-2H3,(H,14,16). The molecular weight excluding hydrogens is 202 g/mol. The van der Waals surface area contributed by atoms with Crippen LogP contribution in [-0.4, -0.2) is 23.2 Å². The molecule has 0 aliphatic heterocycles. The van der Waals surface area contributed by atoms with E-state index < -0.39 is 0 Å². The smallest absolute Gasteiger partial charge is 0.252 e. The van der Waals surface area contributed by atoms with E-state index in [9.17, 15) is 4.79 Å². The molecule has 0 atom stereocenters. The lowest BCUT2D eigenvalue weighted by atomic mass is 10.0. The second-order valence-corrected chi connectivity index (χ2v) is 4.71. The van der Waals surface area contributed by atoms with Crippen molar-refractivity contribution in [3.8, 4) is 0 Å². The molecule has 0 spiro atoms. The zero-order chi connectivity index (χ0) is 11.8. The summed E-state index contributed by atoms with van der Waals surface area (Å²) in [6, 6.07) is 5.83. The van der Waals surface area contributed by atoms with Gasteiger partial charge in [0.05, 0.1) is 12.1 Å². The number of hydrogen-bond donors (Lipinski definition) is 2. The number of rotatable bonds is 3. The van der Waals surface area contributed by atoms with Gasteiger partial charge in [0.2, 0.25) is 0 Å². The number of aliphatic hydroxyl groups is 1. The predicted molar refractivity (Wildman–Crippen MR) is 62.4 cm³/mol. The van der Waals surface area contributed by atoms with Crippen molar-refractivity contribution in [1.29, 1.82) is 0 Å². The van der Waals surface area contributed by atoms with E-state index in [4.69, 9.17) is 5.11 Å². The first kappa shape index (κ1) is 11.1. The molecule has 0 radical (unpaired) electrons. The molecule has 1 aromatic rings. The summed E-state index contributed by atoms with van der Waals surface area (Å²) in [5.74, 6) is -0.0762. The number of carbonyl (C=O) groups excluding carboxylic acids is 1. The van der Waals surface area contributed by atoms with Gasteiger partial charge in [0.25, 0.3) is 5.91 Å². The molecule has 3 nitrogen and oxygen atoms in total. The van der Waals surface area contributed by atoms with Crippen LogP contribution in [0.4, 0.5) is 0 Å². The van der Waals surface area contributed by atoms with Crippen LogP contribution in [0.2, 0.25) is 0 Å². The summed E-state index contributed by atoms with van der Waals surface area (Å²) < 4.78 is 0. The van der Waals surface area contributed by atoms with Crippen molar-refractivity contribution in [1.82, 2.24) is 5.32 Å². The molecule has 16 heavy (non-hydrogen) atoms. The van der Waals surface area contributed by atoms with Crippen molar-refractivity contribution < 1.29 is 9.90 Å². The fraction of sp³-hybridized carbons (Fsp3) is 0.462. The Morgan fingerprint density at radius 3 is 2.69 bits per heavy atom. The van der Waals surface area contributed by atoms with Gasteiger partial charge in [0.15, 0.2) is 0 Å². The minimum Gasteiger partial charge on any atom is -0.394 e. The quantitative estimate of drug-likeness (QED) is 0.810. The van der Waals surface area contributed by atoms with Crippen molar-refractivity contribution in [3.63, 3.8) is 0 Å². The Bertz CT molecular complexity index is 422. The zero-order valence-corrected chi connectivity index (χ0v) is 9.71. The van der Waals surface area contributed by atoms with Gasteiger partial charge in [0.1, 0.15) is 0 Å². The van der Waals surface area contributed by atoms with Gasteiger partial charge in [-0.25, -0.2) is 0 Å². The van der Waals surface area contributed by atoms with Crippen LogP contribution in [0.1, 0.15) is 34.3 Å². The molecular formula is C13H17NO2. The first-order valence-electron chi connectivity index (χ1n) is 5.57. The number of carbonyl (C=O) groups is 1. The molecule has 0 unspecified atom stereocenters. The molecule has 1 aliphatic rings. The third-order valence-electron chi connectivity index (χ3n) is 3.17. The molecule has 2 rings (SSSR count). The maximum atomic E-state index is 12.0. The van der Waals surface area contributed by atoms with Crippen LogP contribution in [0, 0.1) is 13.8 Å². The summed E-state index contributed by atoms with van der Waals surface area (Å²) in [5.41, 5.74) is 2.41. The minimum absolute atomic E-state index is 0.0314. The van der Waals surface area contributed by atoms with E-state index in [1.165, 1.54) is 0 Å². The Kier molecular flexibility index (Phi) is 2.72. The summed E-state index contributed by atoms with van der Waals surface area (Å²) in [5, 5.41) is 12.1. The second-order valence-electron chi connectivity index (χ2n) is 4.71. The van der Waals surface area contributed by atoms with Gasteiger partial charge in [0, 0.05) is 5.56 Å². The molecule has 3 heteroatoms. The van der Waals surface area contributed by atoms with Crippen LogP contribution in [0.3, 0.4) is 0 Å². The first-order valence-corrected chi connectivity index (χ1v) is 5.57. The Morgan fingerprint density at radius 2 is 2.12 bits per heavy atom. The predicted octanol–water partition coefficient (Wildman–Crippen LogP) is 1.56. The number of aliphatic hydroxyl groups excluding tert-OH is 1. The number of benzene rings is 1. The lowest BCUT2D eigenvalue weighted by Gasteiger charge is -2.15. The Hall–Kier alpha value is -1.35. The van der Waals surface area contributed by atoms with Crippen LogP contribution in [0.15, 0.2) is 18.2 Å². The van der Waals surface area contributed by atoms with Crippen molar-refractivity contribution in [2.75, 3.05) is 6.61 Å². The van der Waals surface area contributed by atoms with Crippen LogP contribution >= 0.6 is 0 Å². The lowest BCUT2D eigenvalue weighted by molar-refractivity contribution is 0.0906. The molecule has 1 amide bonds. The largest absolute Gasteiger partial charge is 0.394 e. The van der Waals surface area contributed by atoms with E-state index in [0.717, 1.165) is 24.0 Å². The summed E-state index contributed by atoms with van der Waals surface area (Å²) >= 11 is 0. The average Bonchev–Trinajstić information content (AvgIpc) is 3.02. The molecule has 0 aromatic heterocycles. The van der Waals surface area contributed by atoms with E-state index in [-0.39, 0.29) is 18.1 Å². The normalized spacial score (nSPS) is 16.9. The average molecular weight is 219 g/mol. The van der Waals surface area contributed by atoms with E-state index >= 15 is 0 Å². The van der Waals surface area contributed by atoms with E-state index in [0.29, 0.717) is 5.56 Å². The van der Waals surface area contributed by atoms with Gasteiger partial charge in [-0.1, -0.05) is 17.7 Å². The minimum atomic E-state index is -0.340. The number of hydrogen-bond acceptors (Lipinski definition) is 2. The van der Waals surface area contributed by atoms with Crippen molar-refractivity contribution in [2.24, 2.45) is 0 Å². The van der Waals surface area contributed by atoms with E-state index in [1.54, 1.807) is 0 Å². The topological polar surface area (TPSA) is 49.3 Å². The van der Waals surface area contributed by atoms with Crippen LogP contribution in [-0.2, 0) is 0 Å². The fourth-order valence-electron chi connectivity index (χ4n) is 1.76. The highest BCUT2D eigenvalue weighted by molar-refractivity contribution is 5.96. The van der Waals surface area contributed by atoms with Crippen LogP contribution < -0.4 is 5.32 Å². The van der Waals surface area contributed by atoms with E-state index in [1.807, 2.05) is 32.0 Å². The Labute approximate surface area is 95.5 Å². The number of amides is 1. The number of aryl methyl sites for hydroxylation is 2. The van der Waals surface area contributed by atoms with Crippen molar-refractivity contribution >= 4 is 5.91 Å². The second kappa shape index (κ2) is 3.91. The van der Waals surface area contributed by atoms with Crippen molar-refractivity contribution in [2.45, 2.75) is 32.2 Å².